The molecular weight excluding hydrogens is 294 g/mol. The largest absolute Gasteiger partial charge is 0.480 e. The van der Waals surface area contributed by atoms with Crippen molar-refractivity contribution in [3.8, 4) is 11.3 Å². The Balaban J connectivity index is 1.84. The maximum atomic E-state index is 12.2. The molecule has 1 aliphatic heterocycles. The molecule has 1 aromatic carbocycles. The zero-order valence-electron chi connectivity index (χ0n) is 11.0. The van der Waals surface area contributed by atoms with Crippen LogP contribution in [0.4, 0.5) is 0 Å². The Kier molecular flexibility index (Phi) is 3.43. The SMILES string of the molecule is O=C(O)[C@@H]1CCN1C(=O)c1ccc(-c2ccccc2Cl)o1. The van der Waals surface area contributed by atoms with Crippen molar-refractivity contribution in [2.24, 2.45) is 0 Å². The second-order valence-corrected chi connectivity index (χ2v) is 5.19. The summed E-state index contributed by atoms with van der Waals surface area (Å²) in [4.78, 5) is 24.5. The van der Waals surface area contributed by atoms with Crippen LogP contribution in [-0.4, -0.2) is 34.5 Å². The van der Waals surface area contributed by atoms with Crippen LogP contribution in [0.15, 0.2) is 40.8 Å². The summed E-state index contributed by atoms with van der Waals surface area (Å²) in [6.45, 7) is 0.428. The number of hydrogen-bond acceptors (Lipinski definition) is 3. The van der Waals surface area contributed by atoms with Crippen molar-refractivity contribution in [3.63, 3.8) is 0 Å². The predicted octanol–water partition coefficient (Wildman–Crippen LogP) is 2.90. The molecule has 1 fully saturated rings. The molecule has 0 bridgehead atoms. The van der Waals surface area contributed by atoms with Crippen LogP contribution in [0.2, 0.25) is 5.02 Å². The van der Waals surface area contributed by atoms with E-state index in [9.17, 15) is 9.59 Å². The normalized spacial score (nSPS) is 17.4. The van der Waals surface area contributed by atoms with Crippen LogP contribution >= 0.6 is 11.6 Å². The third-order valence-electron chi connectivity index (χ3n) is 3.52. The van der Waals surface area contributed by atoms with Gasteiger partial charge in [0, 0.05) is 12.1 Å². The highest BCUT2D eigenvalue weighted by molar-refractivity contribution is 6.33. The van der Waals surface area contributed by atoms with E-state index in [1.54, 1.807) is 24.3 Å². The fourth-order valence-electron chi connectivity index (χ4n) is 2.29. The summed E-state index contributed by atoms with van der Waals surface area (Å²) < 4.78 is 5.53. The first kappa shape index (κ1) is 13.7. The molecule has 0 unspecified atom stereocenters. The number of amides is 1. The van der Waals surface area contributed by atoms with Crippen LogP contribution in [0, 0.1) is 0 Å². The zero-order valence-corrected chi connectivity index (χ0v) is 11.7. The Bertz CT molecular complexity index is 709. The molecule has 0 spiro atoms. The molecule has 0 saturated carbocycles. The van der Waals surface area contributed by atoms with Gasteiger partial charge in [0.2, 0.25) is 0 Å². The maximum absolute atomic E-state index is 12.2. The summed E-state index contributed by atoms with van der Waals surface area (Å²) >= 11 is 6.08. The van der Waals surface area contributed by atoms with Crippen molar-refractivity contribution < 1.29 is 19.1 Å². The lowest BCUT2D eigenvalue weighted by molar-refractivity contribution is -0.146. The van der Waals surface area contributed by atoms with Crippen molar-refractivity contribution in [1.82, 2.24) is 4.90 Å². The Morgan fingerprint density at radius 2 is 2.00 bits per heavy atom. The Labute approximate surface area is 125 Å². The average molecular weight is 306 g/mol. The van der Waals surface area contributed by atoms with E-state index in [1.165, 1.54) is 11.0 Å². The molecule has 1 saturated heterocycles. The lowest BCUT2D eigenvalue weighted by Crippen LogP contribution is -2.55. The first-order valence-corrected chi connectivity index (χ1v) is 6.84. The number of rotatable bonds is 3. The third kappa shape index (κ3) is 2.40. The molecule has 2 aromatic rings. The number of carboxylic acids is 1. The number of carbonyl (C=O) groups is 2. The summed E-state index contributed by atoms with van der Waals surface area (Å²) in [7, 11) is 0. The molecule has 5 nitrogen and oxygen atoms in total. The van der Waals surface area contributed by atoms with E-state index in [-0.39, 0.29) is 5.76 Å². The lowest BCUT2D eigenvalue weighted by Gasteiger charge is -2.37. The standard InChI is InChI=1S/C15H12ClNO4/c16-10-4-2-1-3-9(10)12-5-6-13(21-12)14(18)17-8-7-11(17)15(19)20/h1-6,11H,7-8H2,(H,19,20)/t11-/m0/s1. The van der Waals surface area contributed by atoms with Gasteiger partial charge in [-0.1, -0.05) is 23.7 Å². The number of aliphatic carboxylic acids is 1. The van der Waals surface area contributed by atoms with Gasteiger partial charge < -0.3 is 14.4 Å². The molecule has 1 aromatic heterocycles. The molecule has 3 rings (SSSR count). The number of benzene rings is 1. The molecule has 1 amide bonds. The summed E-state index contributed by atoms with van der Waals surface area (Å²) in [5.41, 5.74) is 0.691. The van der Waals surface area contributed by atoms with Gasteiger partial charge in [-0.25, -0.2) is 4.79 Å². The molecule has 108 valence electrons. The van der Waals surface area contributed by atoms with E-state index in [4.69, 9.17) is 21.1 Å². The van der Waals surface area contributed by atoms with Crippen LogP contribution in [0.5, 0.6) is 0 Å². The fourth-order valence-corrected chi connectivity index (χ4v) is 2.52. The van der Waals surface area contributed by atoms with Crippen LogP contribution in [-0.2, 0) is 4.79 Å². The molecule has 6 heteroatoms. The highest BCUT2D eigenvalue weighted by Gasteiger charge is 2.39. The predicted molar refractivity (Wildman–Crippen MR) is 76.2 cm³/mol. The van der Waals surface area contributed by atoms with E-state index < -0.39 is 17.9 Å². The van der Waals surface area contributed by atoms with Gasteiger partial charge in [0.1, 0.15) is 11.8 Å². The molecule has 0 aliphatic carbocycles. The van der Waals surface area contributed by atoms with Gasteiger partial charge in [-0.15, -0.1) is 0 Å². The molecule has 0 radical (unpaired) electrons. The number of nitrogens with zero attached hydrogens (tertiary/aromatic N) is 1. The maximum Gasteiger partial charge on any atom is 0.326 e. The molecule has 1 N–H and O–H groups in total. The van der Waals surface area contributed by atoms with Gasteiger partial charge in [0.15, 0.2) is 5.76 Å². The van der Waals surface area contributed by atoms with Gasteiger partial charge in [0.05, 0.1) is 5.02 Å². The van der Waals surface area contributed by atoms with Crippen LogP contribution in [0.3, 0.4) is 0 Å². The molecule has 1 atom stereocenters. The first-order valence-electron chi connectivity index (χ1n) is 6.46. The summed E-state index contributed by atoms with van der Waals surface area (Å²) in [6, 6.07) is 9.59. The van der Waals surface area contributed by atoms with E-state index in [0.717, 1.165) is 0 Å². The van der Waals surface area contributed by atoms with Crippen molar-refractivity contribution in [2.75, 3.05) is 6.54 Å². The third-order valence-corrected chi connectivity index (χ3v) is 3.85. The van der Waals surface area contributed by atoms with Gasteiger partial charge in [-0.05, 0) is 30.7 Å². The van der Waals surface area contributed by atoms with Gasteiger partial charge in [0.25, 0.3) is 5.91 Å². The Hall–Kier alpha value is -2.27. The average Bonchev–Trinajstić information content (AvgIpc) is 2.86. The lowest BCUT2D eigenvalue weighted by atomic mass is 10.0. The van der Waals surface area contributed by atoms with Crippen LogP contribution < -0.4 is 0 Å². The number of halogens is 1. The number of hydrogen-bond donors (Lipinski definition) is 1. The molecule has 1 aliphatic rings. The van der Waals surface area contributed by atoms with E-state index in [1.807, 2.05) is 6.07 Å². The highest BCUT2D eigenvalue weighted by atomic mass is 35.5. The van der Waals surface area contributed by atoms with E-state index in [2.05, 4.69) is 0 Å². The minimum atomic E-state index is -0.993. The van der Waals surface area contributed by atoms with Crippen molar-refractivity contribution in [1.29, 1.82) is 0 Å². The number of carboxylic acid groups (broad SMARTS) is 1. The smallest absolute Gasteiger partial charge is 0.326 e. The summed E-state index contributed by atoms with van der Waals surface area (Å²) in [5.74, 6) is -0.799. The van der Waals surface area contributed by atoms with Gasteiger partial charge in [-0.3, -0.25) is 4.79 Å². The Morgan fingerprint density at radius 3 is 2.62 bits per heavy atom. The Morgan fingerprint density at radius 1 is 1.24 bits per heavy atom. The van der Waals surface area contributed by atoms with Crippen LogP contribution in [0.25, 0.3) is 11.3 Å². The monoisotopic (exact) mass is 305 g/mol. The second kappa shape index (κ2) is 5.26. The van der Waals surface area contributed by atoms with Crippen molar-refractivity contribution in [3.05, 3.63) is 47.2 Å². The second-order valence-electron chi connectivity index (χ2n) is 4.79. The molecule has 21 heavy (non-hydrogen) atoms. The molecular formula is C15H12ClNO4. The minimum Gasteiger partial charge on any atom is -0.480 e. The number of furan rings is 1. The highest BCUT2D eigenvalue weighted by Crippen LogP contribution is 2.30. The van der Waals surface area contributed by atoms with E-state index in [0.29, 0.717) is 29.3 Å². The van der Waals surface area contributed by atoms with E-state index >= 15 is 0 Å². The zero-order chi connectivity index (χ0) is 15.0. The molecule has 2 heterocycles. The quantitative estimate of drug-likeness (QED) is 0.946. The summed E-state index contributed by atoms with van der Waals surface area (Å²) in [5, 5.41) is 9.50. The topological polar surface area (TPSA) is 70.8 Å². The van der Waals surface area contributed by atoms with Crippen LogP contribution in [0.1, 0.15) is 17.0 Å². The number of carbonyl (C=O) groups excluding carboxylic acids is 1. The number of likely N-dealkylation sites (tertiary alicyclic amines) is 1. The summed E-state index contributed by atoms with van der Waals surface area (Å²) in [6.07, 6.45) is 0.471. The fraction of sp³-hybridized carbons (Fsp3) is 0.200. The first-order chi connectivity index (χ1) is 10.1. The van der Waals surface area contributed by atoms with Crippen molar-refractivity contribution >= 4 is 23.5 Å². The van der Waals surface area contributed by atoms with Crippen molar-refractivity contribution in [2.45, 2.75) is 12.5 Å². The van der Waals surface area contributed by atoms with Gasteiger partial charge in [-0.2, -0.15) is 0 Å². The van der Waals surface area contributed by atoms with Gasteiger partial charge >= 0.3 is 5.97 Å². The minimum absolute atomic E-state index is 0.121.